The Morgan fingerprint density at radius 2 is 1.06 bits per heavy atom. The van der Waals surface area contributed by atoms with Crippen LogP contribution in [0.4, 0.5) is 28.8 Å². The number of nitrogen functional groups attached to an aromatic ring is 2. The van der Waals surface area contributed by atoms with E-state index in [1.165, 1.54) is 18.6 Å². The average Bonchev–Trinajstić information content (AvgIpc) is 2.69. The van der Waals surface area contributed by atoms with E-state index in [2.05, 4.69) is 44.4 Å². The zero-order valence-corrected chi connectivity index (χ0v) is 18.7. The topological polar surface area (TPSA) is 209 Å². The van der Waals surface area contributed by atoms with Gasteiger partial charge in [-0.15, -0.1) is 0 Å². The smallest absolute Gasteiger partial charge is 0.245 e. The highest BCUT2D eigenvalue weighted by Crippen LogP contribution is 2.22. The molecule has 0 unspecified atom stereocenters. The molecule has 13 nitrogen and oxygen atoms in total. The molecule has 0 saturated heterocycles. The molecule has 17 heteroatoms. The lowest BCUT2D eigenvalue weighted by Gasteiger charge is -1.93. The van der Waals surface area contributed by atoms with Gasteiger partial charge in [-0.1, -0.05) is 23.2 Å². The highest BCUT2D eigenvalue weighted by Gasteiger charge is 2.02. The summed E-state index contributed by atoms with van der Waals surface area (Å²) in [6, 6.07) is 0. The van der Waals surface area contributed by atoms with Gasteiger partial charge in [-0.05, 0) is 23.2 Å². The van der Waals surface area contributed by atoms with Gasteiger partial charge in [0.05, 0.1) is 19.7 Å². The minimum absolute atomic E-state index is 0. The maximum Gasteiger partial charge on any atom is 0.245 e. The summed E-state index contributed by atoms with van der Waals surface area (Å²) in [5, 5.41) is 0.305. The number of hydrogen-bond donors (Lipinski definition) is 3. The fourth-order valence-electron chi connectivity index (χ4n) is 1.30. The molecule has 166 valence electrons. The van der Waals surface area contributed by atoms with E-state index in [0.717, 1.165) is 0 Å². The Bertz CT molecular complexity index is 1030. The summed E-state index contributed by atoms with van der Waals surface area (Å²) >= 11 is 21.7. The molecule has 0 radical (unpaired) electrons. The summed E-state index contributed by atoms with van der Waals surface area (Å²) in [4.78, 5) is 30.5. The van der Waals surface area contributed by atoms with Crippen molar-refractivity contribution in [3.8, 4) is 0 Å². The van der Waals surface area contributed by atoms with E-state index in [1.54, 1.807) is 0 Å². The average molecular weight is 518 g/mol. The Morgan fingerprint density at radius 1 is 0.656 bits per heavy atom. The van der Waals surface area contributed by atoms with Crippen LogP contribution in [0.15, 0.2) is 18.6 Å². The number of anilines is 2. The van der Waals surface area contributed by atoms with E-state index in [9.17, 15) is 0 Å². The van der Waals surface area contributed by atoms with Gasteiger partial charge in [0.1, 0.15) is 16.1 Å². The molecule has 0 aliphatic heterocycles. The lowest BCUT2D eigenvalue weighted by atomic mass is 10.5. The van der Waals surface area contributed by atoms with Crippen molar-refractivity contribution in [3.05, 3.63) is 73.7 Å². The monoisotopic (exact) mass is 516 g/mol. The molecule has 0 fully saturated rings. The van der Waals surface area contributed by atoms with Gasteiger partial charge in [-0.25, -0.2) is 44.4 Å². The third-order valence-corrected chi connectivity index (χ3v) is 3.49. The first-order chi connectivity index (χ1) is 14.2. The van der Waals surface area contributed by atoms with Crippen LogP contribution in [-0.4, -0.2) is 35.4 Å². The number of nitrogens with zero attached hydrogens (tertiary/aromatic N) is 9. The molecule has 0 aliphatic carbocycles. The van der Waals surface area contributed by atoms with Crippen LogP contribution in [0.3, 0.4) is 0 Å². The minimum Gasteiger partial charge on any atom is -0.412 e. The van der Waals surface area contributed by atoms with E-state index >= 15 is 0 Å². The third kappa shape index (κ3) is 9.93. The van der Waals surface area contributed by atoms with Gasteiger partial charge in [0, 0.05) is 18.6 Å². The van der Waals surface area contributed by atoms with Crippen LogP contribution in [0, 0.1) is 19.7 Å². The summed E-state index contributed by atoms with van der Waals surface area (Å²) in [6.07, 6.45) is 3.86. The summed E-state index contributed by atoms with van der Waals surface area (Å²) in [7, 11) is 0. The van der Waals surface area contributed by atoms with Crippen LogP contribution in [0.25, 0.3) is 14.5 Å². The molecule has 3 heterocycles. The summed E-state index contributed by atoms with van der Waals surface area (Å²) in [5.74, 6) is 0.201. The standard InChI is InChI=1S/C5HCl2N3.2C5H3ClN4.H3N.H2O/c1-8-3-2-9-5(7)10-4(3)6;1-8-3-2-9-5(6)10-4(3)7;1-8-3-2-9-5(7)10-4(3)6;;/h2H;2*2H,(H2,7,9,10);1H3;1H2. The van der Waals surface area contributed by atoms with Crippen molar-refractivity contribution < 1.29 is 5.48 Å². The molecule has 0 spiro atoms. The molecule has 0 bridgehead atoms. The van der Waals surface area contributed by atoms with Crippen molar-refractivity contribution in [3.63, 3.8) is 0 Å². The lowest BCUT2D eigenvalue weighted by molar-refractivity contribution is 0.824. The molecule has 3 rings (SSSR count). The fraction of sp³-hybridized carbons (Fsp3) is 0. The summed E-state index contributed by atoms with van der Waals surface area (Å²) in [6.45, 7) is 19.7. The Balaban J connectivity index is 0. The quantitative estimate of drug-likeness (QED) is 0.221. The van der Waals surface area contributed by atoms with Crippen LogP contribution in [0.1, 0.15) is 0 Å². The maximum absolute atomic E-state index is 6.58. The minimum atomic E-state index is 0. The SMILES string of the molecule is N.O.[C-]#[N+]c1cnc(Cl)nc1Cl.[C-]#[N+]c1cnc(Cl)nc1N.[C-]#[N+]c1cnc(N)nc1Cl. The van der Waals surface area contributed by atoms with Gasteiger partial charge >= 0.3 is 0 Å². The molecule has 0 aromatic carbocycles. The van der Waals surface area contributed by atoms with Crippen LogP contribution >= 0.6 is 46.4 Å². The number of rotatable bonds is 0. The molecule has 3 aromatic rings. The first-order valence-corrected chi connectivity index (χ1v) is 8.59. The van der Waals surface area contributed by atoms with E-state index < -0.39 is 0 Å². The van der Waals surface area contributed by atoms with Crippen molar-refractivity contribution in [2.75, 3.05) is 11.5 Å². The van der Waals surface area contributed by atoms with Crippen molar-refractivity contribution in [2.45, 2.75) is 0 Å². The molecule has 0 aliphatic rings. The Hall–Kier alpha value is -3.61. The highest BCUT2D eigenvalue weighted by atomic mass is 35.5. The Labute approximate surface area is 201 Å². The first kappa shape index (κ1) is 30.6. The van der Waals surface area contributed by atoms with Gasteiger partial charge in [0.2, 0.25) is 33.6 Å². The molecule has 0 atom stereocenters. The van der Waals surface area contributed by atoms with Gasteiger partial charge in [-0.2, -0.15) is 0 Å². The van der Waals surface area contributed by atoms with E-state index in [0.29, 0.717) is 0 Å². The molecule has 32 heavy (non-hydrogen) atoms. The number of nitrogens with two attached hydrogens (primary N) is 2. The molecular formula is C15H12Cl4N12O. The number of hydrogen-bond acceptors (Lipinski definition) is 9. The zero-order chi connectivity index (χ0) is 22.7. The van der Waals surface area contributed by atoms with E-state index in [-0.39, 0.29) is 61.3 Å². The van der Waals surface area contributed by atoms with Crippen molar-refractivity contribution in [1.29, 1.82) is 0 Å². The fourth-order valence-corrected chi connectivity index (χ4v) is 1.97. The maximum atomic E-state index is 6.58. The normalized spacial score (nSPS) is 8.28. The van der Waals surface area contributed by atoms with Gasteiger partial charge in [0.15, 0.2) is 0 Å². The second kappa shape index (κ2) is 15.2. The second-order valence-electron chi connectivity index (χ2n) is 4.46. The van der Waals surface area contributed by atoms with Crippen LogP contribution in [0.2, 0.25) is 20.9 Å². The van der Waals surface area contributed by atoms with Gasteiger partial charge < -0.3 is 23.1 Å². The molecule has 0 saturated carbocycles. The summed E-state index contributed by atoms with van der Waals surface area (Å²) in [5.41, 5.74) is 11.1. The molecule has 9 N–H and O–H groups in total. The predicted octanol–water partition coefficient (Wildman–Crippen LogP) is 4.20. The predicted molar refractivity (Wildman–Crippen MR) is 122 cm³/mol. The van der Waals surface area contributed by atoms with Crippen LogP contribution < -0.4 is 17.6 Å². The summed E-state index contributed by atoms with van der Waals surface area (Å²) < 4.78 is 0. The van der Waals surface area contributed by atoms with Crippen LogP contribution in [-0.2, 0) is 0 Å². The Kier molecular flexibility index (Phi) is 14.6. The van der Waals surface area contributed by atoms with Crippen molar-refractivity contribution >= 4 is 75.2 Å². The van der Waals surface area contributed by atoms with Gasteiger partial charge in [0.25, 0.3) is 0 Å². The van der Waals surface area contributed by atoms with Crippen LogP contribution in [0.5, 0.6) is 0 Å². The second-order valence-corrected chi connectivity index (χ2v) is 5.86. The third-order valence-electron chi connectivity index (χ3n) is 2.57. The zero-order valence-electron chi connectivity index (χ0n) is 15.6. The van der Waals surface area contributed by atoms with Gasteiger partial charge in [-0.3, -0.25) is 0 Å². The molecular weight excluding hydrogens is 506 g/mol. The highest BCUT2D eigenvalue weighted by molar-refractivity contribution is 6.33. The number of aromatic nitrogens is 6. The van der Waals surface area contributed by atoms with E-state index in [4.69, 9.17) is 77.6 Å². The number of halogens is 4. The van der Waals surface area contributed by atoms with Crippen molar-refractivity contribution in [2.24, 2.45) is 0 Å². The molecule has 3 aromatic heterocycles. The lowest BCUT2D eigenvalue weighted by Crippen LogP contribution is -1.92. The Morgan fingerprint density at radius 3 is 1.47 bits per heavy atom. The molecule has 0 amide bonds. The van der Waals surface area contributed by atoms with E-state index in [1.807, 2.05) is 0 Å². The largest absolute Gasteiger partial charge is 0.412 e. The first-order valence-electron chi connectivity index (χ1n) is 7.08. The van der Waals surface area contributed by atoms with Crippen molar-refractivity contribution in [1.82, 2.24) is 36.1 Å².